The van der Waals surface area contributed by atoms with Gasteiger partial charge in [0, 0.05) is 18.1 Å². The van der Waals surface area contributed by atoms with Gasteiger partial charge in [-0.05, 0) is 23.6 Å². The highest BCUT2D eigenvalue weighted by atomic mass is 16.3. The average Bonchev–Trinajstić information content (AvgIpc) is 2.51. The van der Waals surface area contributed by atoms with Crippen molar-refractivity contribution < 1.29 is 10.2 Å². The highest BCUT2D eigenvalue weighted by Gasteiger charge is 2.12. The summed E-state index contributed by atoms with van der Waals surface area (Å²) in [6, 6.07) is 8.08. The van der Waals surface area contributed by atoms with Gasteiger partial charge in [-0.25, -0.2) is 0 Å². The Morgan fingerprint density at radius 3 is 2.76 bits per heavy atom. The number of pyridine rings is 1. The van der Waals surface area contributed by atoms with Gasteiger partial charge in [-0.1, -0.05) is 19.9 Å². The summed E-state index contributed by atoms with van der Waals surface area (Å²) in [5.41, 5.74) is 3.02. The number of aliphatic hydroxyl groups is 2. The second-order valence-electron chi connectivity index (χ2n) is 5.31. The summed E-state index contributed by atoms with van der Waals surface area (Å²) in [5, 5.41) is 31.5. The zero-order valence-corrected chi connectivity index (χ0v) is 12.2. The molecule has 1 aromatic heterocycles. The highest BCUT2D eigenvalue weighted by Crippen LogP contribution is 2.28. The third kappa shape index (κ3) is 3.30. The van der Waals surface area contributed by atoms with Crippen LogP contribution in [-0.4, -0.2) is 34.5 Å². The van der Waals surface area contributed by atoms with Gasteiger partial charge >= 0.3 is 0 Å². The second kappa shape index (κ2) is 6.53. The van der Waals surface area contributed by atoms with Crippen LogP contribution in [0.4, 0.5) is 5.69 Å². The molecule has 2 aromatic rings. The molecule has 0 saturated heterocycles. The van der Waals surface area contributed by atoms with E-state index in [2.05, 4.69) is 30.2 Å². The molecule has 5 nitrogen and oxygen atoms in total. The number of nitrogens with one attached hydrogen (secondary N) is 1. The fourth-order valence-electron chi connectivity index (χ4n) is 2.13. The first-order valence-corrected chi connectivity index (χ1v) is 6.92. The molecule has 3 N–H and O–H groups in total. The van der Waals surface area contributed by atoms with Crippen LogP contribution in [0.3, 0.4) is 0 Å². The molecule has 0 bridgehead atoms. The van der Waals surface area contributed by atoms with Crippen LogP contribution in [0, 0.1) is 11.3 Å². The quantitative estimate of drug-likeness (QED) is 0.782. The van der Waals surface area contributed by atoms with E-state index in [-0.39, 0.29) is 13.2 Å². The van der Waals surface area contributed by atoms with E-state index in [0.717, 1.165) is 16.5 Å². The topological polar surface area (TPSA) is 89.2 Å². The Bertz CT molecular complexity index is 677. The fourth-order valence-corrected chi connectivity index (χ4v) is 2.13. The lowest BCUT2D eigenvalue weighted by Crippen LogP contribution is -2.23. The molecule has 0 spiro atoms. The Morgan fingerprint density at radius 2 is 2.14 bits per heavy atom. The van der Waals surface area contributed by atoms with Gasteiger partial charge in [0.2, 0.25) is 0 Å². The van der Waals surface area contributed by atoms with Crippen LogP contribution in [0.2, 0.25) is 0 Å². The number of rotatable bonds is 5. The molecular weight excluding hydrogens is 266 g/mol. The monoisotopic (exact) mass is 285 g/mol. The third-order valence-electron chi connectivity index (χ3n) is 3.40. The minimum absolute atomic E-state index is 0.177. The highest BCUT2D eigenvalue weighted by molar-refractivity contribution is 5.94. The lowest BCUT2D eigenvalue weighted by Gasteiger charge is -2.15. The summed E-state index contributed by atoms with van der Waals surface area (Å²) in [6.45, 7) is 4.06. The predicted octanol–water partition coefficient (Wildman–Crippen LogP) is 1.99. The van der Waals surface area contributed by atoms with Crippen molar-refractivity contribution in [1.82, 2.24) is 4.98 Å². The normalized spacial score (nSPS) is 12.4. The maximum absolute atomic E-state index is 9.49. The molecule has 1 atom stereocenters. The standard InChI is InChI=1S/C16H19N3O2/c1-10(2)11-3-4-15-14(5-11)16(12(6-17)7-18-15)19-8-13(21)9-20/h3-5,7,10,13,20-21H,8-9H2,1-2H3,(H,18,19)/t13-/m1/s1. The van der Waals surface area contributed by atoms with Gasteiger partial charge in [0.25, 0.3) is 0 Å². The zero-order valence-electron chi connectivity index (χ0n) is 12.2. The summed E-state index contributed by atoms with van der Waals surface area (Å²) in [5.74, 6) is 0.371. The molecule has 0 unspecified atom stereocenters. The molecule has 0 fully saturated rings. The van der Waals surface area contributed by atoms with Gasteiger partial charge in [0.1, 0.15) is 6.07 Å². The molecular formula is C16H19N3O2. The number of hydrogen-bond acceptors (Lipinski definition) is 5. The van der Waals surface area contributed by atoms with Crippen molar-refractivity contribution in [2.75, 3.05) is 18.5 Å². The number of aliphatic hydroxyl groups excluding tert-OH is 2. The first-order chi connectivity index (χ1) is 10.1. The van der Waals surface area contributed by atoms with Crippen LogP contribution >= 0.6 is 0 Å². The molecule has 1 heterocycles. The van der Waals surface area contributed by atoms with Crippen molar-refractivity contribution in [3.8, 4) is 6.07 Å². The molecule has 0 amide bonds. The first kappa shape index (κ1) is 15.2. The SMILES string of the molecule is CC(C)c1ccc2ncc(C#N)c(NC[C@@H](O)CO)c2c1. The molecule has 0 aliphatic rings. The van der Waals surface area contributed by atoms with E-state index in [1.807, 2.05) is 18.2 Å². The minimum Gasteiger partial charge on any atom is -0.394 e. The summed E-state index contributed by atoms with van der Waals surface area (Å²) in [4.78, 5) is 4.29. The number of nitrogens with zero attached hydrogens (tertiary/aromatic N) is 2. The number of anilines is 1. The lowest BCUT2D eigenvalue weighted by atomic mass is 9.99. The van der Waals surface area contributed by atoms with Crippen LogP contribution in [-0.2, 0) is 0 Å². The van der Waals surface area contributed by atoms with Crippen LogP contribution in [0.25, 0.3) is 10.9 Å². The second-order valence-corrected chi connectivity index (χ2v) is 5.31. The van der Waals surface area contributed by atoms with E-state index in [9.17, 15) is 10.4 Å². The Balaban J connectivity index is 2.52. The summed E-state index contributed by atoms with van der Waals surface area (Å²) in [7, 11) is 0. The van der Waals surface area contributed by atoms with Crippen LogP contribution in [0.1, 0.15) is 30.9 Å². The Kier molecular flexibility index (Phi) is 4.73. The Labute approximate surface area is 123 Å². The van der Waals surface area contributed by atoms with Gasteiger partial charge in [0.05, 0.1) is 29.5 Å². The molecule has 2 rings (SSSR count). The van der Waals surface area contributed by atoms with Crippen LogP contribution in [0.5, 0.6) is 0 Å². The minimum atomic E-state index is -0.868. The van der Waals surface area contributed by atoms with Gasteiger partial charge in [0.15, 0.2) is 0 Å². The van der Waals surface area contributed by atoms with Gasteiger partial charge in [-0.2, -0.15) is 5.26 Å². The zero-order chi connectivity index (χ0) is 15.4. The maximum atomic E-state index is 9.49. The van der Waals surface area contributed by atoms with E-state index < -0.39 is 6.10 Å². The third-order valence-corrected chi connectivity index (χ3v) is 3.40. The smallest absolute Gasteiger partial charge is 0.103 e. The van der Waals surface area contributed by atoms with Gasteiger partial charge in [-0.15, -0.1) is 0 Å². The molecule has 110 valence electrons. The van der Waals surface area contributed by atoms with Crippen LogP contribution < -0.4 is 5.32 Å². The summed E-state index contributed by atoms with van der Waals surface area (Å²) in [6.07, 6.45) is 0.651. The lowest BCUT2D eigenvalue weighted by molar-refractivity contribution is 0.105. The predicted molar refractivity (Wildman–Crippen MR) is 82.1 cm³/mol. The number of hydrogen-bond donors (Lipinski definition) is 3. The average molecular weight is 285 g/mol. The van der Waals surface area contributed by atoms with Gasteiger partial charge in [-0.3, -0.25) is 4.98 Å². The number of aromatic nitrogens is 1. The van der Waals surface area contributed by atoms with Crippen molar-refractivity contribution in [2.24, 2.45) is 0 Å². The Morgan fingerprint density at radius 1 is 1.38 bits per heavy atom. The Hall–Kier alpha value is -2.16. The molecule has 1 aromatic carbocycles. The van der Waals surface area contributed by atoms with E-state index in [1.54, 1.807) is 0 Å². The van der Waals surface area contributed by atoms with Crippen molar-refractivity contribution in [3.05, 3.63) is 35.5 Å². The van der Waals surface area contributed by atoms with Crippen molar-refractivity contribution >= 4 is 16.6 Å². The molecule has 0 aliphatic heterocycles. The first-order valence-electron chi connectivity index (χ1n) is 6.92. The van der Waals surface area contributed by atoms with E-state index in [4.69, 9.17) is 5.11 Å². The molecule has 0 radical (unpaired) electrons. The van der Waals surface area contributed by atoms with E-state index in [0.29, 0.717) is 17.2 Å². The maximum Gasteiger partial charge on any atom is 0.103 e. The van der Waals surface area contributed by atoms with Crippen molar-refractivity contribution in [2.45, 2.75) is 25.9 Å². The van der Waals surface area contributed by atoms with Crippen LogP contribution in [0.15, 0.2) is 24.4 Å². The fraction of sp³-hybridized carbons (Fsp3) is 0.375. The summed E-state index contributed by atoms with van der Waals surface area (Å²) >= 11 is 0. The number of nitriles is 1. The largest absolute Gasteiger partial charge is 0.394 e. The van der Waals surface area contributed by atoms with Crippen molar-refractivity contribution in [3.63, 3.8) is 0 Å². The molecule has 0 aliphatic carbocycles. The molecule has 5 heteroatoms. The number of benzene rings is 1. The number of fused-ring (bicyclic) bond motifs is 1. The van der Waals surface area contributed by atoms with Gasteiger partial charge < -0.3 is 15.5 Å². The molecule has 21 heavy (non-hydrogen) atoms. The molecule has 0 saturated carbocycles. The van der Waals surface area contributed by atoms with E-state index >= 15 is 0 Å². The van der Waals surface area contributed by atoms with E-state index in [1.165, 1.54) is 6.20 Å². The van der Waals surface area contributed by atoms with Crippen molar-refractivity contribution in [1.29, 1.82) is 5.26 Å². The summed E-state index contributed by atoms with van der Waals surface area (Å²) < 4.78 is 0.